The smallest absolute Gasteiger partial charge is 0.327 e. The van der Waals surface area contributed by atoms with Crippen LogP contribution in [0, 0.1) is 0 Å². The maximum atomic E-state index is 12.8. The van der Waals surface area contributed by atoms with Crippen LogP contribution in [-0.2, 0) is 36.6 Å². The predicted molar refractivity (Wildman–Crippen MR) is 109 cm³/mol. The van der Waals surface area contributed by atoms with Crippen LogP contribution in [0.1, 0.15) is 22.7 Å². The van der Waals surface area contributed by atoms with Gasteiger partial charge in [0.1, 0.15) is 6.04 Å². The van der Waals surface area contributed by atoms with Crippen molar-refractivity contribution in [2.75, 3.05) is 33.4 Å². The molecule has 0 saturated carbocycles. The maximum Gasteiger partial charge on any atom is 0.327 e. The van der Waals surface area contributed by atoms with Gasteiger partial charge in [-0.15, -0.1) is 0 Å². The first-order valence-corrected chi connectivity index (χ1v) is 11.1. The van der Waals surface area contributed by atoms with Crippen LogP contribution in [0.15, 0.2) is 54.6 Å². The average Bonchev–Trinajstić information content (AvgIpc) is 2.76. The van der Waals surface area contributed by atoms with Crippen LogP contribution in [0.3, 0.4) is 0 Å². The molecule has 3 rings (SSSR count). The zero-order valence-electron chi connectivity index (χ0n) is 16.4. The van der Waals surface area contributed by atoms with Gasteiger partial charge < -0.3 is 9.47 Å². The van der Waals surface area contributed by atoms with E-state index in [1.54, 1.807) is 0 Å². The average molecular weight is 419 g/mol. The van der Waals surface area contributed by atoms with Crippen molar-refractivity contribution in [3.8, 4) is 0 Å². The number of benzene rings is 2. The number of carbonyl (C=O) groups is 1. The quantitative estimate of drug-likeness (QED) is 0.659. The molecule has 0 aromatic heterocycles. The number of hydrogen-bond donors (Lipinski definition) is 1. The minimum Gasteiger partial charge on any atom is -0.468 e. The van der Waals surface area contributed by atoms with Crippen molar-refractivity contribution in [2.45, 2.75) is 18.3 Å². The van der Waals surface area contributed by atoms with E-state index in [1.165, 1.54) is 11.4 Å². The molecule has 1 atom stereocenters. The van der Waals surface area contributed by atoms with Gasteiger partial charge in [0.25, 0.3) is 0 Å². The molecular weight excluding hydrogens is 392 g/mol. The molecule has 0 aliphatic carbocycles. The fraction of sp³-hybridized carbons (Fsp3) is 0.381. The van der Waals surface area contributed by atoms with Gasteiger partial charge in [-0.2, -0.15) is 4.31 Å². The van der Waals surface area contributed by atoms with Gasteiger partial charge in [0, 0.05) is 19.6 Å². The lowest BCUT2D eigenvalue weighted by molar-refractivity contribution is -0.143. The topological polar surface area (TPSA) is 84.9 Å². The Morgan fingerprint density at radius 1 is 1.07 bits per heavy atom. The molecule has 1 saturated heterocycles. The van der Waals surface area contributed by atoms with Crippen LogP contribution < -0.4 is 5.32 Å². The summed E-state index contributed by atoms with van der Waals surface area (Å²) in [5, 5.41) is 3.21. The number of carbonyl (C=O) groups excluding carboxylic acids is 1. The van der Waals surface area contributed by atoms with Gasteiger partial charge in [-0.05, 0) is 16.7 Å². The van der Waals surface area contributed by atoms with E-state index in [0.29, 0.717) is 38.4 Å². The molecule has 0 spiro atoms. The second-order valence-corrected chi connectivity index (χ2v) is 8.75. The van der Waals surface area contributed by atoms with Crippen molar-refractivity contribution in [1.29, 1.82) is 0 Å². The van der Waals surface area contributed by atoms with Crippen molar-refractivity contribution in [3.63, 3.8) is 0 Å². The number of morpholine rings is 1. The monoisotopic (exact) mass is 418 g/mol. The van der Waals surface area contributed by atoms with Crippen molar-refractivity contribution in [1.82, 2.24) is 9.62 Å². The van der Waals surface area contributed by atoms with Gasteiger partial charge in [-0.1, -0.05) is 54.6 Å². The van der Waals surface area contributed by atoms with Gasteiger partial charge in [0.15, 0.2) is 0 Å². The molecule has 1 fully saturated rings. The third-order valence-corrected chi connectivity index (χ3v) is 6.71. The summed E-state index contributed by atoms with van der Waals surface area (Å²) in [6.07, 6.45) is 0. The summed E-state index contributed by atoms with van der Waals surface area (Å²) in [6.45, 7) is 1.92. The highest BCUT2D eigenvalue weighted by Gasteiger charge is 2.26. The molecule has 0 unspecified atom stereocenters. The van der Waals surface area contributed by atoms with E-state index in [4.69, 9.17) is 9.47 Å². The van der Waals surface area contributed by atoms with E-state index < -0.39 is 22.0 Å². The van der Waals surface area contributed by atoms with Crippen LogP contribution >= 0.6 is 0 Å². The highest BCUT2D eigenvalue weighted by molar-refractivity contribution is 7.88. The lowest BCUT2D eigenvalue weighted by Gasteiger charge is -2.26. The SMILES string of the molecule is COC(=O)[C@@H](NCc1ccccc1CS(=O)(=O)N1CCOCC1)c1ccccc1. The molecule has 156 valence electrons. The molecule has 1 heterocycles. The highest BCUT2D eigenvalue weighted by Crippen LogP contribution is 2.19. The number of ether oxygens (including phenoxy) is 2. The first-order valence-electron chi connectivity index (χ1n) is 9.50. The third kappa shape index (κ3) is 5.63. The van der Waals surface area contributed by atoms with Crippen LogP contribution in [0.5, 0.6) is 0 Å². The Kier molecular flexibility index (Phi) is 7.38. The van der Waals surface area contributed by atoms with Crippen molar-refractivity contribution >= 4 is 16.0 Å². The lowest BCUT2D eigenvalue weighted by atomic mass is 10.1. The molecule has 2 aromatic rings. The third-order valence-electron chi connectivity index (χ3n) is 4.89. The molecular formula is C21H26N2O5S. The van der Waals surface area contributed by atoms with Gasteiger partial charge >= 0.3 is 5.97 Å². The Labute approximate surface area is 171 Å². The van der Waals surface area contributed by atoms with Crippen LogP contribution in [0.2, 0.25) is 0 Å². The first kappa shape index (κ1) is 21.4. The largest absolute Gasteiger partial charge is 0.468 e. The minimum atomic E-state index is -3.44. The maximum absolute atomic E-state index is 12.8. The molecule has 2 aromatic carbocycles. The molecule has 0 bridgehead atoms. The Morgan fingerprint density at radius 3 is 2.34 bits per heavy atom. The number of sulfonamides is 1. The molecule has 0 amide bonds. The van der Waals surface area contributed by atoms with Gasteiger partial charge in [0.2, 0.25) is 10.0 Å². The summed E-state index contributed by atoms with van der Waals surface area (Å²) in [5.74, 6) is -0.478. The number of rotatable bonds is 8. The van der Waals surface area contributed by atoms with Crippen LogP contribution in [0.25, 0.3) is 0 Å². The van der Waals surface area contributed by atoms with Crippen molar-refractivity contribution in [3.05, 3.63) is 71.3 Å². The van der Waals surface area contributed by atoms with E-state index >= 15 is 0 Å². The van der Waals surface area contributed by atoms with Crippen LogP contribution in [-0.4, -0.2) is 52.1 Å². The summed E-state index contributed by atoms with van der Waals surface area (Å²) >= 11 is 0. The molecule has 1 aliphatic rings. The van der Waals surface area contributed by atoms with E-state index in [9.17, 15) is 13.2 Å². The van der Waals surface area contributed by atoms with E-state index in [2.05, 4.69) is 5.32 Å². The zero-order valence-corrected chi connectivity index (χ0v) is 17.2. The van der Waals surface area contributed by atoms with Crippen molar-refractivity contribution in [2.24, 2.45) is 0 Å². The predicted octanol–water partition coefficient (Wildman–Crippen LogP) is 1.85. The Hall–Kier alpha value is -2.26. The minimum absolute atomic E-state index is 0.0842. The fourth-order valence-corrected chi connectivity index (χ4v) is 4.86. The number of esters is 1. The van der Waals surface area contributed by atoms with E-state index in [1.807, 2.05) is 54.6 Å². The Morgan fingerprint density at radius 2 is 1.69 bits per heavy atom. The molecule has 0 radical (unpaired) electrons. The molecule has 1 N–H and O–H groups in total. The Balaban J connectivity index is 1.75. The molecule has 7 nitrogen and oxygen atoms in total. The summed E-state index contributed by atoms with van der Waals surface area (Å²) in [6, 6.07) is 16.0. The Bertz CT molecular complexity index is 912. The van der Waals surface area contributed by atoms with Gasteiger partial charge in [0.05, 0.1) is 26.1 Å². The second kappa shape index (κ2) is 9.98. The summed E-state index contributed by atoms with van der Waals surface area (Å²) in [5.41, 5.74) is 2.33. The summed E-state index contributed by atoms with van der Waals surface area (Å²) in [7, 11) is -2.09. The lowest BCUT2D eigenvalue weighted by Crippen LogP contribution is -2.41. The van der Waals surface area contributed by atoms with Gasteiger partial charge in [-0.25, -0.2) is 13.2 Å². The summed E-state index contributed by atoms with van der Waals surface area (Å²) in [4.78, 5) is 12.3. The molecule has 1 aliphatic heterocycles. The standard InChI is InChI=1S/C21H26N2O5S/c1-27-21(24)20(17-7-3-2-4-8-17)22-15-18-9-5-6-10-19(18)16-29(25,26)23-11-13-28-14-12-23/h2-10,20,22H,11-16H2,1H3/t20-/m0/s1. The van der Waals surface area contributed by atoms with Crippen LogP contribution in [0.4, 0.5) is 0 Å². The van der Waals surface area contributed by atoms with E-state index in [0.717, 1.165) is 11.1 Å². The normalized spacial score (nSPS) is 16.3. The second-order valence-electron chi connectivity index (χ2n) is 6.78. The zero-order chi connectivity index (χ0) is 20.7. The molecule has 29 heavy (non-hydrogen) atoms. The van der Waals surface area contributed by atoms with E-state index in [-0.39, 0.29) is 5.75 Å². The number of nitrogens with one attached hydrogen (secondary N) is 1. The summed E-state index contributed by atoms with van der Waals surface area (Å²) < 4.78 is 37.2. The fourth-order valence-electron chi connectivity index (χ4n) is 3.30. The number of nitrogens with zero attached hydrogens (tertiary/aromatic N) is 1. The van der Waals surface area contributed by atoms with Gasteiger partial charge in [-0.3, -0.25) is 5.32 Å². The molecule has 8 heteroatoms. The first-order chi connectivity index (χ1) is 14.0. The number of hydrogen-bond acceptors (Lipinski definition) is 6. The number of methoxy groups -OCH3 is 1. The van der Waals surface area contributed by atoms with Crippen molar-refractivity contribution < 1.29 is 22.7 Å². The highest BCUT2D eigenvalue weighted by atomic mass is 32.2.